The van der Waals surface area contributed by atoms with Gasteiger partial charge < -0.3 is 9.15 Å². The number of hydrazone groups is 1. The Hall–Kier alpha value is -3.94. The Morgan fingerprint density at radius 3 is 2.71 bits per heavy atom. The van der Waals surface area contributed by atoms with E-state index < -0.39 is 4.92 Å². The van der Waals surface area contributed by atoms with E-state index in [1.165, 1.54) is 25.5 Å². The summed E-state index contributed by atoms with van der Waals surface area (Å²) in [6.07, 6.45) is 1.37. The number of nitro benzene ring substituents is 1. The summed E-state index contributed by atoms with van der Waals surface area (Å²) in [4.78, 5) is 22.5. The van der Waals surface area contributed by atoms with Gasteiger partial charge in [0.1, 0.15) is 17.3 Å². The van der Waals surface area contributed by atoms with Crippen LogP contribution in [0.4, 0.5) is 5.69 Å². The Kier molecular flexibility index (Phi) is 5.50. The van der Waals surface area contributed by atoms with Crippen LogP contribution in [-0.2, 0) is 0 Å². The zero-order valence-electron chi connectivity index (χ0n) is 15.2. The topological polar surface area (TPSA) is 107 Å². The van der Waals surface area contributed by atoms with Gasteiger partial charge in [0, 0.05) is 11.6 Å². The predicted octanol–water partition coefficient (Wildman–Crippen LogP) is 3.94. The second kappa shape index (κ2) is 8.17. The first-order valence-electron chi connectivity index (χ1n) is 8.31. The van der Waals surface area contributed by atoms with E-state index >= 15 is 0 Å². The second-order valence-electron chi connectivity index (χ2n) is 5.86. The number of aryl methyl sites for hydroxylation is 1. The molecule has 0 bridgehead atoms. The van der Waals surface area contributed by atoms with E-state index in [4.69, 9.17) is 9.15 Å². The molecular weight excluding hydrogens is 362 g/mol. The number of nitro groups is 1. The van der Waals surface area contributed by atoms with Crippen molar-refractivity contribution in [3.63, 3.8) is 0 Å². The summed E-state index contributed by atoms with van der Waals surface area (Å²) in [5.41, 5.74) is 4.33. The number of hydrogen-bond acceptors (Lipinski definition) is 6. The van der Waals surface area contributed by atoms with Crippen molar-refractivity contribution in [2.24, 2.45) is 5.10 Å². The lowest BCUT2D eigenvalue weighted by atomic mass is 10.1. The fourth-order valence-corrected chi connectivity index (χ4v) is 2.61. The summed E-state index contributed by atoms with van der Waals surface area (Å²) < 4.78 is 10.9. The molecule has 0 aliphatic carbocycles. The number of furan rings is 1. The Morgan fingerprint density at radius 2 is 2.00 bits per heavy atom. The molecule has 1 aromatic heterocycles. The van der Waals surface area contributed by atoms with Crippen LogP contribution in [0, 0.1) is 17.0 Å². The number of carbonyl (C=O) groups excluding carboxylic acids is 1. The van der Waals surface area contributed by atoms with Crippen molar-refractivity contribution < 1.29 is 18.9 Å². The summed E-state index contributed by atoms with van der Waals surface area (Å²) in [6, 6.07) is 14.8. The van der Waals surface area contributed by atoms with Crippen LogP contribution >= 0.6 is 0 Å². The minimum Gasteiger partial charge on any atom is -0.496 e. The third-order valence-corrected chi connectivity index (χ3v) is 4.04. The first kappa shape index (κ1) is 18.8. The molecule has 0 radical (unpaired) electrons. The molecule has 2 aromatic carbocycles. The number of nitrogens with zero attached hydrogens (tertiary/aromatic N) is 2. The maximum Gasteiger partial charge on any atom is 0.273 e. The molecule has 8 nitrogen and oxygen atoms in total. The van der Waals surface area contributed by atoms with Gasteiger partial charge in [0.15, 0.2) is 0 Å². The average Bonchev–Trinajstić information content (AvgIpc) is 3.16. The molecule has 3 aromatic rings. The maximum absolute atomic E-state index is 12.1. The maximum atomic E-state index is 12.1. The van der Waals surface area contributed by atoms with Crippen LogP contribution in [0.5, 0.6) is 5.75 Å². The lowest BCUT2D eigenvalue weighted by Gasteiger charge is -2.05. The first-order valence-corrected chi connectivity index (χ1v) is 8.31. The van der Waals surface area contributed by atoms with Gasteiger partial charge in [-0.15, -0.1) is 0 Å². The molecule has 8 heteroatoms. The Balaban J connectivity index is 1.74. The minimum absolute atomic E-state index is 0.0761. The second-order valence-corrected chi connectivity index (χ2v) is 5.86. The summed E-state index contributed by atoms with van der Waals surface area (Å²) in [5, 5.41) is 14.8. The standard InChI is InChI=1S/C20H17N3O5/c1-13-5-3-4-6-16(13)20(24)22-21-12-15-8-10-18(28-15)17-9-7-14(23(25)26)11-19(17)27-2/h3-12H,1-2H3,(H,22,24)/b21-12-. The molecule has 0 atom stereocenters. The number of benzene rings is 2. The van der Waals surface area contributed by atoms with E-state index in [1.54, 1.807) is 30.3 Å². The fourth-order valence-electron chi connectivity index (χ4n) is 2.61. The average molecular weight is 379 g/mol. The number of rotatable bonds is 6. The molecule has 0 unspecified atom stereocenters. The van der Waals surface area contributed by atoms with E-state index in [0.717, 1.165) is 5.56 Å². The molecule has 0 aliphatic rings. The highest BCUT2D eigenvalue weighted by atomic mass is 16.6. The lowest BCUT2D eigenvalue weighted by molar-refractivity contribution is -0.384. The Bertz CT molecular complexity index is 1060. The Morgan fingerprint density at radius 1 is 1.21 bits per heavy atom. The van der Waals surface area contributed by atoms with Crippen LogP contribution < -0.4 is 10.2 Å². The quantitative estimate of drug-likeness (QED) is 0.397. The lowest BCUT2D eigenvalue weighted by Crippen LogP contribution is -2.18. The van der Waals surface area contributed by atoms with Crippen LogP contribution in [0.3, 0.4) is 0 Å². The fraction of sp³-hybridized carbons (Fsp3) is 0.100. The van der Waals surface area contributed by atoms with Crippen molar-refractivity contribution in [3.05, 3.63) is 81.6 Å². The molecule has 1 amide bonds. The largest absolute Gasteiger partial charge is 0.496 e. The monoisotopic (exact) mass is 379 g/mol. The van der Waals surface area contributed by atoms with Crippen molar-refractivity contribution in [2.75, 3.05) is 7.11 Å². The number of nitrogens with one attached hydrogen (secondary N) is 1. The van der Waals surface area contributed by atoms with Crippen molar-refractivity contribution >= 4 is 17.8 Å². The van der Waals surface area contributed by atoms with Crippen LogP contribution in [0.15, 0.2) is 64.1 Å². The van der Waals surface area contributed by atoms with E-state index in [2.05, 4.69) is 10.5 Å². The third-order valence-electron chi connectivity index (χ3n) is 4.04. The molecule has 1 N–H and O–H groups in total. The minimum atomic E-state index is -0.496. The molecule has 0 saturated carbocycles. The molecule has 3 rings (SSSR count). The number of non-ortho nitro benzene ring substituents is 1. The SMILES string of the molecule is COc1cc([N+](=O)[O-])ccc1-c1ccc(/C=N\NC(=O)c2ccccc2C)o1. The summed E-state index contributed by atoms with van der Waals surface area (Å²) in [6.45, 7) is 1.84. The van der Waals surface area contributed by atoms with Crippen LogP contribution in [0.25, 0.3) is 11.3 Å². The highest BCUT2D eigenvalue weighted by Crippen LogP contribution is 2.33. The predicted molar refractivity (Wildman–Crippen MR) is 104 cm³/mol. The van der Waals surface area contributed by atoms with Gasteiger partial charge in [0.05, 0.1) is 29.9 Å². The van der Waals surface area contributed by atoms with E-state index in [-0.39, 0.29) is 11.6 Å². The molecule has 1 heterocycles. The Labute approximate surface area is 160 Å². The highest BCUT2D eigenvalue weighted by molar-refractivity contribution is 5.96. The van der Waals surface area contributed by atoms with Crippen LogP contribution in [-0.4, -0.2) is 24.2 Å². The van der Waals surface area contributed by atoms with Gasteiger partial charge in [-0.2, -0.15) is 5.10 Å². The third kappa shape index (κ3) is 4.07. The van der Waals surface area contributed by atoms with Crippen molar-refractivity contribution in [3.8, 4) is 17.1 Å². The van der Waals surface area contributed by atoms with Gasteiger partial charge in [0.2, 0.25) is 0 Å². The molecule has 142 valence electrons. The molecule has 0 saturated heterocycles. The first-order chi connectivity index (χ1) is 13.5. The zero-order chi connectivity index (χ0) is 20.1. The van der Waals surface area contributed by atoms with Gasteiger partial charge >= 0.3 is 0 Å². The van der Waals surface area contributed by atoms with Crippen molar-refractivity contribution in [1.82, 2.24) is 5.43 Å². The molecule has 28 heavy (non-hydrogen) atoms. The zero-order valence-corrected chi connectivity index (χ0v) is 15.2. The summed E-state index contributed by atoms with van der Waals surface area (Å²) >= 11 is 0. The summed E-state index contributed by atoms with van der Waals surface area (Å²) in [7, 11) is 1.43. The van der Waals surface area contributed by atoms with Gasteiger partial charge in [0.25, 0.3) is 11.6 Å². The number of ether oxygens (including phenoxy) is 1. The molecule has 0 fully saturated rings. The van der Waals surface area contributed by atoms with Crippen molar-refractivity contribution in [2.45, 2.75) is 6.92 Å². The molecular formula is C20H17N3O5. The van der Waals surface area contributed by atoms with Gasteiger partial charge in [-0.05, 0) is 36.8 Å². The van der Waals surface area contributed by atoms with Gasteiger partial charge in [-0.3, -0.25) is 14.9 Å². The number of hydrogen-bond donors (Lipinski definition) is 1. The molecule has 0 spiro atoms. The van der Waals surface area contributed by atoms with E-state index in [9.17, 15) is 14.9 Å². The molecule has 0 aliphatic heterocycles. The van der Waals surface area contributed by atoms with E-state index in [0.29, 0.717) is 28.4 Å². The van der Waals surface area contributed by atoms with Crippen molar-refractivity contribution in [1.29, 1.82) is 0 Å². The number of carbonyl (C=O) groups is 1. The number of methoxy groups -OCH3 is 1. The number of amides is 1. The van der Waals surface area contributed by atoms with Gasteiger partial charge in [-0.25, -0.2) is 5.43 Å². The van der Waals surface area contributed by atoms with Gasteiger partial charge in [-0.1, -0.05) is 18.2 Å². The summed E-state index contributed by atoms with van der Waals surface area (Å²) in [5.74, 6) is 0.858. The smallest absolute Gasteiger partial charge is 0.273 e. The van der Waals surface area contributed by atoms with E-state index in [1.807, 2.05) is 19.1 Å². The highest BCUT2D eigenvalue weighted by Gasteiger charge is 2.15. The van der Waals surface area contributed by atoms with Crippen LogP contribution in [0.2, 0.25) is 0 Å². The van der Waals surface area contributed by atoms with Crippen LogP contribution in [0.1, 0.15) is 21.7 Å². The normalized spacial score (nSPS) is 10.8.